The van der Waals surface area contributed by atoms with Gasteiger partial charge < -0.3 is 0 Å². The van der Waals surface area contributed by atoms with Crippen LogP contribution in [0.1, 0.15) is 25.0 Å². The van der Waals surface area contributed by atoms with Crippen molar-refractivity contribution in [1.29, 1.82) is 0 Å². The normalized spacial score (nSPS) is 13.1. The Balaban J connectivity index is 1.05. The van der Waals surface area contributed by atoms with Crippen molar-refractivity contribution in [2.45, 2.75) is 19.3 Å². The lowest BCUT2D eigenvalue weighted by atomic mass is 9.81. The quantitative estimate of drug-likeness (QED) is 0.178. The molecule has 0 saturated carbocycles. The minimum atomic E-state index is -0.0246. The maximum absolute atomic E-state index is 4.92. The molecule has 1 aliphatic rings. The fourth-order valence-electron chi connectivity index (χ4n) is 7.88. The molecular formula is C47H32N4. The summed E-state index contributed by atoms with van der Waals surface area (Å²) in [6.45, 7) is 4.69. The standard InChI is InChI=1S/C47H32N4/c1-47(2)40-16-10-9-15-37(40)39-27-38-33(26-41(39)47)20-18-29-17-19-32-25-34(21-23-36(32)43(29)38)42-24-22-35(28-48-42)46-50-44(30-11-5-3-6-12-30)49-45(51-46)31-13-7-4-8-14-31/h3-28H,1-2H3. The van der Waals surface area contributed by atoms with Crippen molar-refractivity contribution in [2.75, 3.05) is 0 Å². The Labute approximate surface area is 296 Å². The molecule has 7 aromatic carbocycles. The molecule has 2 aromatic heterocycles. The van der Waals surface area contributed by atoms with Crippen LogP contribution < -0.4 is 0 Å². The number of rotatable bonds is 4. The second-order valence-electron chi connectivity index (χ2n) is 13.9. The number of fused-ring (bicyclic) bond motifs is 8. The van der Waals surface area contributed by atoms with Gasteiger partial charge in [0.1, 0.15) is 0 Å². The monoisotopic (exact) mass is 652 g/mol. The summed E-state index contributed by atoms with van der Waals surface area (Å²) in [6.07, 6.45) is 1.87. The molecule has 0 amide bonds. The van der Waals surface area contributed by atoms with Gasteiger partial charge in [-0.25, -0.2) is 15.0 Å². The molecular weight excluding hydrogens is 621 g/mol. The third-order valence-corrected chi connectivity index (χ3v) is 10.5. The molecule has 0 aliphatic heterocycles. The van der Waals surface area contributed by atoms with E-state index < -0.39 is 0 Å². The lowest BCUT2D eigenvalue weighted by molar-refractivity contribution is 0.661. The Morgan fingerprint density at radius 2 is 1.00 bits per heavy atom. The highest BCUT2D eigenvalue weighted by molar-refractivity contribution is 6.21. The molecule has 0 saturated heterocycles. The van der Waals surface area contributed by atoms with Crippen molar-refractivity contribution in [3.05, 3.63) is 169 Å². The molecule has 0 radical (unpaired) electrons. The minimum Gasteiger partial charge on any atom is -0.255 e. The third-order valence-electron chi connectivity index (χ3n) is 10.5. The largest absolute Gasteiger partial charge is 0.255 e. The first kappa shape index (κ1) is 29.4. The summed E-state index contributed by atoms with van der Waals surface area (Å²) >= 11 is 0. The molecule has 1 aliphatic carbocycles. The van der Waals surface area contributed by atoms with Gasteiger partial charge in [0, 0.05) is 33.9 Å². The van der Waals surface area contributed by atoms with Crippen LogP contribution in [0.5, 0.6) is 0 Å². The van der Waals surface area contributed by atoms with E-state index in [2.05, 4.69) is 105 Å². The highest BCUT2D eigenvalue weighted by Crippen LogP contribution is 2.50. The van der Waals surface area contributed by atoms with E-state index in [0.717, 1.165) is 27.9 Å². The summed E-state index contributed by atoms with van der Waals surface area (Å²) in [6, 6.07) is 53.6. The Morgan fingerprint density at radius 1 is 0.412 bits per heavy atom. The van der Waals surface area contributed by atoms with Gasteiger partial charge in [-0.05, 0) is 84.9 Å². The van der Waals surface area contributed by atoms with Crippen molar-refractivity contribution >= 4 is 32.3 Å². The predicted octanol–water partition coefficient (Wildman–Crippen LogP) is 11.7. The summed E-state index contributed by atoms with van der Waals surface area (Å²) in [5.74, 6) is 1.86. The van der Waals surface area contributed by atoms with E-state index >= 15 is 0 Å². The fraction of sp³-hybridized carbons (Fsp3) is 0.0638. The van der Waals surface area contributed by atoms with Crippen molar-refractivity contribution in [3.8, 4) is 56.5 Å². The second-order valence-corrected chi connectivity index (χ2v) is 13.9. The Kier molecular flexibility index (Phi) is 6.49. The van der Waals surface area contributed by atoms with Gasteiger partial charge in [0.15, 0.2) is 17.5 Å². The first-order chi connectivity index (χ1) is 25.0. The van der Waals surface area contributed by atoms with Gasteiger partial charge in [-0.15, -0.1) is 0 Å². The van der Waals surface area contributed by atoms with Gasteiger partial charge in [0.05, 0.1) is 5.69 Å². The molecule has 0 spiro atoms. The summed E-state index contributed by atoms with van der Waals surface area (Å²) in [7, 11) is 0. The first-order valence-corrected chi connectivity index (χ1v) is 17.4. The van der Waals surface area contributed by atoms with Gasteiger partial charge in [-0.1, -0.05) is 135 Å². The van der Waals surface area contributed by atoms with Crippen molar-refractivity contribution in [1.82, 2.24) is 19.9 Å². The van der Waals surface area contributed by atoms with Crippen LogP contribution >= 0.6 is 0 Å². The Hall–Kier alpha value is -6.52. The maximum Gasteiger partial charge on any atom is 0.165 e. The first-order valence-electron chi connectivity index (χ1n) is 17.4. The van der Waals surface area contributed by atoms with Gasteiger partial charge in [0.25, 0.3) is 0 Å². The van der Waals surface area contributed by atoms with Gasteiger partial charge in [0.2, 0.25) is 0 Å². The van der Waals surface area contributed by atoms with Crippen LogP contribution in [-0.4, -0.2) is 19.9 Å². The molecule has 51 heavy (non-hydrogen) atoms. The zero-order valence-corrected chi connectivity index (χ0v) is 28.3. The van der Waals surface area contributed by atoms with Crippen molar-refractivity contribution < 1.29 is 0 Å². The summed E-state index contributed by atoms with van der Waals surface area (Å²) < 4.78 is 0. The van der Waals surface area contributed by atoms with Crippen LogP contribution in [0.3, 0.4) is 0 Å². The van der Waals surface area contributed by atoms with E-state index in [1.165, 1.54) is 54.6 Å². The van der Waals surface area contributed by atoms with Crippen molar-refractivity contribution in [2.24, 2.45) is 0 Å². The zero-order chi connectivity index (χ0) is 34.1. The smallest absolute Gasteiger partial charge is 0.165 e. The average Bonchev–Trinajstić information content (AvgIpc) is 3.42. The molecule has 4 nitrogen and oxygen atoms in total. The SMILES string of the molecule is CC1(C)c2ccccc2-c2cc3c(ccc4ccc5cc(-c6ccc(-c7nc(-c8ccccc8)nc(-c8ccccc8)n7)cn6)ccc5c43)cc21. The molecule has 240 valence electrons. The van der Waals surface area contributed by atoms with E-state index in [4.69, 9.17) is 19.9 Å². The summed E-state index contributed by atoms with van der Waals surface area (Å²) in [4.78, 5) is 19.5. The third kappa shape index (κ3) is 4.75. The number of hydrogen-bond acceptors (Lipinski definition) is 4. The predicted molar refractivity (Wildman–Crippen MR) is 209 cm³/mol. The van der Waals surface area contributed by atoms with Crippen LogP contribution in [0.25, 0.3) is 88.9 Å². The van der Waals surface area contributed by atoms with Gasteiger partial charge in [-0.2, -0.15) is 0 Å². The van der Waals surface area contributed by atoms with Crippen molar-refractivity contribution in [3.63, 3.8) is 0 Å². The molecule has 0 N–H and O–H groups in total. The number of aromatic nitrogens is 4. The van der Waals surface area contributed by atoms with Gasteiger partial charge >= 0.3 is 0 Å². The molecule has 0 bridgehead atoms. The molecule has 2 heterocycles. The number of pyridine rings is 1. The molecule has 10 rings (SSSR count). The average molecular weight is 653 g/mol. The van der Waals surface area contributed by atoms with Crippen LogP contribution in [0.2, 0.25) is 0 Å². The molecule has 0 fully saturated rings. The van der Waals surface area contributed by atoms with E-state index in [1.54, 1.807) is 0 Å². The van der Waals surface area contributed by atoms with Crippen LogP contribution in [0.4, 0.5) is 0 Å². The van der Waals surface area contributed by atoms with E-state index in [-0.39, 0.29) is 5.41 Å². The molecule has 0 atom stereocenters. The minimum absolute atomic E-state index is 0.0246. The van der Waals surface area contributed by atoms with E-state index in [0.29, 0.717) is 17.5 Å². The number of nitrogens with zero attached hydrogens (tertiary/aromatic N) is 4. The fourth-order valence-corrected chi connectivity index (χ4v) is 7.88. The maximum atomic E-state index is 4.92. The lowest BCUT2D eigenvalue weighted by Gasteiger charge is -2.22. The Morgan fingerprint density at radius 3 is 1.67 bits per heavy atom. The molecule has 4 heteroatoms. The highest BCUT2D eigenvalue weighted by atomic mass is 15.0. The van der Waals surface area contributed by atoms with Gasteiger partial charge in [-0.3, -0.25) is 4.98 Å². The van der Waals surface area contributed by atoms with Crippen LogP contribution in [0.15, 0.2) is 158 Å². The number of hydrogen-bond donors (Lipinski definition) is 0. The topological polar surface area (TPSA) is 51.6 Å². The second kappa shape index (κ2) is 11.3. The van der Waals surface area contributed by atoms with E-state index in [1.807, 2.05) is 66.9 Å². The highest BCUT2D eigenvalue weighted by Gasteiger charge is 2.35. The van der Waals surface area contributed by atoms with Crippen LogP contribution in [-0.2, 0) is 5.41 Å². The molecule has 0 unspecified atom stereocenters. The van der Waals surface area contributed by atoms with E-state index in [9.17, 15) is 0 Å². The molecule has 9 aromatic rings. The summed E-state index contributed by atoms with van der Waals surface area (Å²) in [5, 5.41) is 7.55. The lowest BCUT2D eigenvalue weighted by Crippen LogP contribution is -2.14. The zero-order valence-electron chi connectivity index (χ0n) is 28.3. The summed E-state index contributed by atoms with van der Waals surface area (Å²) in [5.41, 5.74) is 10.2. The number of benzene rings is 7. The Bertz CT molecular complexity index is 2750. The van der Waals surface area contributed by atoms with Crippen LogP contribution in [0, 0.1) is 0 Å².